The molecule has 0 aliphatic heterocycles. The molecule has 0 atom stereocenters. The molecule has 0 amide bonds. The maximum absolute atomic E-state index is 10.9. The molecule has 1 rings (SSSR count). The van der Waals surface area contributed by atoms with Gasteiger partial charge in [-0.2, -0.15) is 0 Å². The first-order valence-corrected chi connectivity index (χ1v) is 3.93. The Hall–Kier alpha value is -0.640. The molecular formula is C7H11NO2S. The van der Waals surface area contributed by atoms with Crippen LogP contribution in [0.15, 0.2) is 0 Å². The molecule has 1 aliphatic carbocycles. The molecule has 0 aromatic rings. The summed E-state index contributed by atoms with van der Waals surface area (Å²) in [7, 11) is 1.40. The highest BCUT2D eigenvalue weighted by molar-refractivity contribution is 7.80. The normalized spacial score (nSPS) is 28.8. The molecule has 1 saturated carbocycles. The van der Waals surface area contributed by atoms with Crippen molar-refractivity contribution in [2.75, 3.05) is 7.11 Å². The van der Waals surface area contributed by atoms with Crippen LogP contribution in [-0.2, 0) is 9.53 Å². The van der Waals surface area contributed by atoms with Gasteiger partial charge >= 0.3 is 5.97 Å². The molecule has 0 bridgehead atoms. The van der Waals surface area contributed by atoms with E-state index in [-0.39, 0.29) is 17.8 Å². The minimum Gasteiger partial charge on any atom is -0.469 e. The number of thiocarbonyl (C=S) groups is 1. The molecular weight excluding hydrogens is 162 g/mol. The third kappa shape index (κ3) is 1.68. The molecule has 62 valence electrons. The number of methoxy groups -OCH3 is 1. The first kappa shape index (κ1) is 8.46. The van der Waals surface area contributed by atoms with Crippen LogP contribution in [0.25, 0.3) is 0 Å². The number of esters is 1. The summed E-state index contributed by atoms with van der Waals surface area (Å²) >= 11 is 4.77. The molecule has 1 fully saturated rings. The minimum absolute atomic E-state index is 0.0338. The topological polar surface area (TPSA) is 52.3 Å². The Labute approximate surface area is 70.9 Å². The van der Waals surface area contributed by atoms with Gasteiger partial charge in [-0.25, -0.2) is 0 Å². The second-order valence-corrected chi connectivity index (χ2v) is 3.26. The van der Waals surface area contributed by atoms with Crippen LogP contribution >= 0.6 is 12.2 Å². The quantitative estimate of drug-likeness (QED) is 0.487. The molecule has 0 unspecified atom stereocenters. The van der Waals surface area contributed by atoms with E-state index in [1.54, 1.807) is 0 Å². The van der Waals surface area contributed by atoms with Gasteiger partial charge < -0.3 is 10.5 Å². The third-order valence-corrected chi connectivity index (χ3v) is 2.41. The Morgan fingerprint density at radius 3 is 2.45 bits per heavy atom. The summed E-state index contributed by atoms with van der Waals surface area (Å²) in [5.41, 5.74) is 5.38. The zero-order chi connectivity index (χ0) is 8.43. The van der Waals surface area contributed by atoms with Crippen LogP contribution in [-0.4, -0.2) is 18.1 Å². The molecule has 0 heterocycles. The van der Waals surface area contributed by atoms with Gasteiger partial charge in [-0.15, -0.1) is 0 Å². The van der Waals surface area contributed by atoms with Gasteiger partial charge in [-0.3, -0.25) is 4.79 Å². The number of rotatable bonds is 2. The molecule has 0 aromatic heterocycles. The molecule has 3 nitrogen and oxygen atoms in total. The summed E-state index contributed by atoms with van der Waals surface area (Å²) < 4.78 is 4.56. The summed E-state index contributed by atoms with van der Waals surface area (Å²) in [5.74, 6) is 0.151. The van der Waals surface area contributed by atoms with Crippen molar-refractivity contribution in [1.29, 1.82) is 0 Å². The van der Waals surface area contributed by atoms with Crippen LogP contribution in [0.1, 0.15) is 12.8 Å². The largest absolute Gasteiger partial charge is 0.469 e. The predicted octanol–water partition coefficient (Wildman–Crippen LogP) is 0.472. The van der Waals surface area contributed by atoms with Crippen LogP contribution in [0.3, 0.4) is 0 Å². The molecule has 2 N–H and O–H groups in total. The second kappa shape index (κ2) is 3.17. The first-order chi connectivity index (χ1) is 5.15. The van der Waals surface area contributed by atoms with E-state index in [9.17, 15) is 4.79 Å². The predicted molar refractivity (Wildman–Crippen MR) is 45.0 cm³/mol. The maximum Gasteiger partial charge on any atom is 0.308 e. The molecule has 11 heavy (non-hydrogen) atoms. The van der Waals surface area contributed by atoms with Gasteiger partial charge in [-0.1, -0.05) is 12.2 Å². The summed E-state index contributed by atoms with van der Waals surface area (Å²) in [6.45, 7) is 0. The van der Waals surface area contributed by atoms with Crippen LogP contribution in [0.2, 0.25) is 0 Å². The van der Waals surface area contributed by atoms with Crippen molar-refractivity contribution in [1.82, 2.24) is 0 Å². The van der Waals surface area contributed by atoms with Crippen molar-refractivity contribution < 1.29 is 9.53 Å². The lowest BCUT2D eigenvalue weighted by molar-refractivity contribution is -0.149. The highest BCUT2D eigenvalue weighted by Gasteiger charge is 2.36. The van der Waals surface area contributed by atoms with Crippen molar-refractivity contribution in [2.45, 2.75) is 12.8 Å². The highest BCUT2D eigenvalue weighted by atomic mass is 32.1. The average Bonchev–Trinajstić information content (AvgIpc) is 1.83. The van der Waals surface area contributed by atoms with Gasteiger partial charge in [0.1, 0.15) is 0 Å². The first-order valence-electron chi connectivity index (χ1n) is 3.52. The number of carbonyl (C=O) groups excluding carboxylic acids is 1. The Balaban J connectivity index is 2.29. The smallest absolute Gasteiger partial charge is 0.308 e. The fourth-order valence-electron chi connectivity index (χ4n) is 1.21. The summed E-state index contributed by atoms with van der Waals surface area (Å²) in [6.07, 6.45) is 1.53. The monoisotopic (exact) mass is 173 g/mol. The van der Waals surface area contributed by atoms with Crippen LogP contribution in [0, 0.1) is 11.8 Å². The second-order valence-electron chi connectivity index (χ2n) is 2.79. The molecule has 0 spiro atoms. The number of hydrogen-bond donors (Lipinski definition) is 1. The van der Waals surface area contributed by atoms with Crippen molar-refractivity contribution in [3.05, 3.63) is 0 Å². The molecule has 0 radical (unpaired) electrons. The van der Waals surface area contributed by atoms with Crippen molar-refractivity contribution in [3.8, 4) is 0 Å². The van der Waals surface area contributed by atoms with E-state index in [0.29, 0.717) is 4.99 Å². The zero-order valence-electron chi connectivity index (χ0n) is 6.37. The lowest BCUT2D eigenvalue weighted by Crippen LogP contribution is -2.38. The lowest BCUT2D eigenvalue weighted by atomic mass is 9.75. The average molecular weight is 173 g/mol. The fraction of sp³-hybridized carbons (Fsp3) is 0.714. The number of carbonyl (C=O) groups is 1. The number of nitrogens with two attached hydrogens (primary N) is 1. The highest BCUT2D eigenvalue weighted by Crippen LogP contribution is 2.34. The maximum atomic E-state index is 10.9. The summed E-state index contributed by atoms with van der Waals surface area (Å²) in [5, 5.41) is 0. The summed E-state index contributed by atoms with van der Waals surface area (Å²) in [4.78, 5) is 11.4. The zero-order valence-corrected chi connectivity index (χ0v) is 7.19. The van der Waals surface area contributed by atoms with E-state index in [2.05, 4.69) is 4.74 Å². The van der Waals surface area contributed by atoms with Gasteiger partial charge in [0.25, 0.3) is 0 Å². The summed E-state index contributed by atoms with van der Waals surface area (Å²) in [6, 6.07) is 0. The minimum atomic E-state index is -0.141. The van der Waals surface area contributed by atoms with Gasteiger partial charge in [-0.05, 0) is 12.8 Å². The third-order valence-electron chi connectivity index (χ3n) is 2.07. The van der Waals surface area contributed by atoms with Crippen molar-refractivity contribution >= 4 is 23.2 Å². The van der Waals surface area contributed by atoms with E-state index in [0.717, 1.165) is 12.8 Å². The van der Waals surface area contributed by atoms with Gasteiger partial charge in [0.2, 0.25) is 0 Å². The Morgan fingerprint density at radius 2 is 2.09 bits per heavy atom. The van der Waals surface area contributed by atoms with Gasteiger partial charge in [0.05, 0.1) is 18.0 Å². The van der Waals surface area contributed by atoms with E-state index in [4.69, 9.17) is 18.0 Å². The Bertz CT molecular complexity index is 187. The Kier molecular flexibility index (Phi) is 2.44. The van der Waals surface area contributed by atoms with Crippen molar-refractivity contribution in [3.63, 3.8) is 0 Å². The van der Waals surface area contributed by atoms with Gasteiger partial charge in [0, 0.05) is 5.92 Å². The van der Waals surface area contributed by atoms with E-state index in [1.165, 1.54) is 7.11 Å². The van der Waals surface area contributed by atoms with Gasteiger partial charge in [0.15, 0.2) is 0 Å². The molecule has 1 aliphatic rings. The molecule has 0 saturated heterocycles. The lowest BCUT2D eigenvalue weighted by Gasteiger charge is -2.31. The van der Waals surface area contributed by atoms with Crippen LogP contribution < -0.4 is 5.73 Å². The molecule has 0 aromatic carbocycles. The van der Waals surface area contributed by atoms with E-state index < -0.39 is 0 Å². The standard InChI is InChI=1S/C7H11NO2S/c1-10-7(9)5-2-4(3-5)6(8)11/h4-5H,2-3H2,1H3,(H2,8,11)/t4-,5-. The van der Waals surface area contributed by atoms with Crippen molar-refractivity contribution in [2.24, 2.45) is 17.6 Å². The number of hydrogen-bond acceptors (Lipinski definition) is 3. The van der Waals surface area contributed by atoms with Crippen LogP contribution in [0.5, 0.6) is 0 Å². The number of ether oxygens (including phenoxy) is 1. The fourth-order valence-corrected chi connectivity index (χ4v) is 1.40. The van der Waals surface area contributed by atoms with E-state index in [1.807, 2.05) is 0 Å². The Morgan fingerprint density at radius 1 is 1.55 bits per heavy atom. The SMILES string of the molecule is COC(=O)[C@H]1C[C@H](C(N)=S)C1. The molecule has 4 heteroatoms. The van der Waals surface area contributed by atoms with Crippen LogP contribution in [0.4, 0.5) is 0 Å². The van der Waals surface area contributed by atoms with E-state index >= 15 is 0 Å².